The Bertz CT molecular complexity index is 323. The minimum Gasteiger partial charge on any atom is -0.330 e. The highest BCUT2D eigenvalue weighted by Crippen LogP contribution is 2.27. The van der Waals surface area contributed by atoms with Gasteiger partial charge in [-0.25, -0.2) is 0 Å². The lowest BCUT2D eigenvalue weighted by Crippen LogP contribution is -2.06. The quantitative estimate of drug-likeness (QED) is 0.894. The van der Waals surface area contributed by atoms with Crippen LogP contribution in [0.25, 0.3) is 0 Å². The van der Waals surface area contributed by atoms with Gasteiger partial charge in [-0.05, 0) is 25.1 Å². The van der Waals surface area contributed by atoms with Gasteiger partial charge in [-0.2, -0.15) is 0 Å². The van der Waals surface area contributed by atoms with Crippen molar-refractivity contribution in [2.75, 3.05) is 12.3 Å². The van der Waals surface area contributed by atoms with Crippen molar-refractivity contribution < 1.29 is 4.21 Å². The van der Waals surface area contributed by atoms with Gasteiger partial charge in [0.2, 0.25) is 0 Å². The van der Waals surface area contributed by atoms with Crippen LogP contribution >= 0.6 is 23.2 Å². The number of halogens is 2. The van der Waals surface area contributed by atoms with E-state index in [1.807, 2.05) is 0 Å². The molecule has 0 heterocycles. The number of hydrogen-bond donors (Lipinski definition) is 1. The van der Waals surface area contributed by atoms with E-state index in [4.69, 9.17) is 28.9 Å². The Hall–Kier alpha value is -0.0900. The second-order valence-electron chi connectivity index (χ2n) is 2.74. The minimum absolute atomic E-state index is 0.452. The number of rotatable bonds is 4. The average molecular weight is 252 g/mol. The van der Waals surface area contributed by atoms with Crippen molar-refractivity contribution in [1.29, 1.82) is 0 Å². The maximum Gasteiger partial charge on any atom is 0.0760 e. The van der Waals surface area contributed by atoms with Crippen molar-refractivity contribution >= 4 is 34.0 Å². The van der Waals surface area contributed by atoms with Gasteiger partial charge in [-0.15, -0.1) is 0 Å². The molecule has 1 aromatic rings. The molecule has 1 atom stereocenters. The summed E-state index contributed by atoms with van der Waals surface area (Å²) in [6, 6.07) is 5.10. The second kappa shape index (κ2) is 5.71. The molecule has 0 saturated carbocycles. The first kappa shape index (κ1) is 12.0. The third-order valence-electron chi connectivity index (χ3n) is 1.68. The van der Waals surface area contributed by atoms with Crippen molar-refractivity contribution in [3.8, 4) is 0 Å². The Kier molecular flexibility index (Phi) is 4.89. The molecule has 0 aliphatic heterocycles. The summed E-state index contributed by atoms with van der Waals surface area (Å²) in [4.78, 5) is 0.518. The summed E-state index contributed by atoms with van der Waals surface area (Å²) in [5, 5.41) is 0.903. The molecule has 2 nitrogen and oxygen atoms in total. The van der Waals surface area contributed by atoms with Crippen molar-refractivity contribution in [1.82, 2.24) is 0 Å². The monoisotopic (exact) mass is 251 g/mol. The summed E-state index contributed by atoms with van der Waals surface area (Å²) in [7, 11) is -1.15. The molecule has 78 valence electrons. The Morgan fingerprint density at radius 3 is 2.36 bits per heavy atom. The zero-order chi connectivity index (χ0) is 10.6. The Morgan fingerprint density at radius 2 is 1.86 bits per heavy atom. The molecular formula is C9H11Cl2NOS. The number of nitrogens with two attached hydrogens (primary N) is 1. The Morgan fingerprint density at radius 1 is 1.29 bits per heavy atom. The summed E-state index contributed by atoms with van der Waals surface area (Å²) in [5.74, 6) is 0.500. The van der Waals surface area contributed by atoms with E-state index in [9.17, 15) is 4.21 Å². The summed E-state index contributed by atoms with van der Waals surface area (Å²) in [6.07, 6.45) is 0.703. The topological polar surface area (TPSA) is 43.1 Å². The highest BCUT2D eigenvalue weighted by Gasteiger charge is 2.11. The summed E-state index contributed by atoms with van der Waals surface area (Å²) in [6.45, 7) is 0.522. The molecular weight excluding hydrogens is 241 g/mol. The first-order valence-electron chi connectivity index (χ1n) is 4.19. The lowest BCUT2D eigenvalue weighted by molar-refractivity contribution is 0.680. The Labute approximate surface area is 95.8 Å². The van der Waals surface area contributed by atoms with Gasteiger partial charge in [0.15, 0.2) is 0 Å². The molecule has 0 fully saturated rings. The van der Waals surface area contributed by atoms with Crippen LogP contribution in [0.2, 0.25) is 10.0 Å². The summed E-state index contributed by atoms with van der Waals surface area (Å²) >= 11 is 11.8. The Balaban J connectivity index is 2.89. The molecule has 0 aliphatic carbocycles. The van der Waals surface area contributed by atoms with Gasteiger partial charge in [-0.1, -0.05) is 29.3 Å². The van der Waals surface area contributed by atoms with Crippen LogP contribution in [0.15, 0.2) is 23.1 Å². The fraction of sp³-hybridized carbons (Fsp3) is 0.333. The lowest BCUT2D eigenvalue weighted by atomic mass is 10.4. The van der Waals surface area contributed by atoms with E-state index in [0.29, 0.717) is 33.7 Å². The van der Waals surface area contributed by atoms with E-state index >= 15 is 0 Å². The first-order valence-corrected chi connectivity index (χ1v) is 6.26. The van der Waals surface area contributed by atoms with Crippen LogP contribution in [0.3, 0.4) is 0 Å². The van der Waals surface area contributed by atoms with Crippen molar-refractivity contribution in [3.63, 3.8) is 0 Å². The van der Waals surface area contributed by atoms with Gasteiger partial charge in [0, 0.05) is 5.75 Å². The second-order valence-corrected chi connectivity index (χ2v) is 5.06. The molecule has 0 aromatic heterocycles. The van der Waals surface area contributed by atoms with Crippen LogP contribution in [0.4, 0.5) is 0 Å². The summed E-state index contributed by atoms with van der Waals surface area (Å²) in [5.41, 5.74) is 5.33. The standard InChI is InChI=1S/C9H11Cl2NOS/c10-7-3-1-4-8(11)9(7)14(13)6-2-5-12/h1,3-4H,2,5-6,12H2. The van der Waals surface area contributed by atoms with Crippen LogP contribution in [-0.4, -0.2) is 16.5 Å². The molecule has 0 aliphatic rings. The van der Waals surface area contributed by atoms with E-state index in [0.717, 1.165) is 0 Å². The molecule has 0 saturated heterocycles. The van der Waals surface area contributed by atoms with Gasteiger partial charge in [0.25, 0.3) is 0 Å². The fourth-order valence-electron chi connectivity index (χ4n) is 1.02. The first-order chi connectivity index (χ1) is 6.66. The van der Waals surface area contributed by atoms with Crippen LogP contribution < -0.4 is 5.73 Å². The van der Waals surface area contributed by atoms with Crippen molar-refractivity contribution in [2.24, 2.45) is 5.73 Å². The minimum atomic E-state index is -1.15. The van der Waals surface area contributed by atoms with E-state index in [1.165, 1.54) is 0 Å². The van der Waals surface area contributed by atoms with Crippen molar-refractivity contribution in [3.05, 3.63) is 28.2 Å². The van der Waals surface area contributed by atoms with E-state index in [-0.39, 0.29) is 0 Å². The predicted octanol–water partition coefficient (Wildman–Crippen LogP) is 2.45. The molecule has 14 heavy (non-hydrogen) atoms. The maximum absolute atomic E-state index is 11.7. The lowest BCUT2D eigenvalue weighted by Gasteiger charge is -2.05. The SMILES string of the molecule is NCCCS(=O)c1c(Cl)cccc1Cl. The summed E-state index contributed by atoms with van der Waals surface area (Å²) < 4.78 is 11.7. The molecule has 2 N–H and O–H groups in total. The van der Waals surface area contributed by atoms with E-state index in [2.05, 4.69) is 0 Å². The number of hydrogen-bond acceptors (Lipinski definition) is 2. The van der Waals surface area contributed by atoms with Gasteiger partial charge in [0.05, 0.1) is 25.7 Å². The third-order valence-corrected chi connectivity index (χ3v) is 4.09. The largest absolute Gasteiger partial charge is 0.330 e. The molecule has 1 aromatic carbocycles. The fourth-order valence-corrected chi connectivity index (χ4v) is 3.13. The third kappa shape index (κ3) is 2.95. The van der Waals surface area contributed by atoms with Gasteiger partial charge >= 0.3 is 0 Å². The van der Waals surface area contributed by atoms with Gasteiger partial charge in [0.1, 0.15) is 0 Å². The van der Waals surface area contributed by atoms with Crippen LogP contribution in [-0.2, 0) is 10.8 Å². The highest BCUT2D eigenvalue weighted by molar-refractivity contribution is 7.85. The molecule has 1 rings (SSSR count). The molecule has 1 unspecified atom stereocenters. The molecule has 0 amide bonds. The molecule has 0 spiro atoms. The number of benzene rings is 1. The van der Waals surface area contributed by atoms with Crippen LogP contribution in [0, 0.1) is 0 Å². The zero-order valence-corrected chi connectivity index (χ0v) is 9.83. The van der Waals surface area contributed by atoms with E-state index < -0.39 is 10.8 Å². The van der Waals surface area contributed by atoms with Gasteiger partial charge in [-0.3, -0.25) is 4.21 Å². The predicted molar refractivity (Wildman–Crippen MR) is 61.4 cm³/mol. The van der Waals surface area contributed by atoms with Gasteiger partial charge < -0.3 is 5.73 Å². The average Bonchev–Trinajstić information content (AvgIpc) is 2.14. The van der Waals surface area contributed by atoms with Crippen LogP contribution in [0.5, 0.6) is 0 Å². The van der Waals surface area contributed by atoms with Crippen molar-refractivity contribution in [2.45, 2.75) is 11.3 Å². The molecule has 5 heteroatoms. The van der Waals surface area contributed by atoms with E-state index in [1.54, 1.807) is 18.2 Å². The van der Waals surface area contributed by atoms with Crippen LogP contribution in [0.1, 0.15) is 6.42 Å². The highest BCUT2D eigenvalue weighted by atomic mass is 35.5. The normalized spacial score (nSPS) is 12.8. The zero-order valence-electron chi connectivity index (χ0n) is 7.50. The maximum atomic E-state index is 11.7. The molecule has 0 radical (unpaired) electrons. The molecule has 0 bridgehead atoms. The smallest absolute Gasteiger partial charge is 0.0760 e.